The predicted molar refractivity (Wildman–Crippen MR) is 98.8 cm³/mol. The summed E-state index contributed by atoms with van der Waals surface area (Å²) < 4.78 is 39.7. The molecule has 3 heteroatoms. The van der Waals surface area contributed by atoms with E-state index >= 15 is 0 Å². The van der Waals surface area contributed by atoms with Gasteiger partial charge in [-0.3, -0.25) is 0 Å². The Morgan fingerprint density at radius 3 is 1.92 bits per heavy atom. The topological polar surface area (TPSA) is 0 Å². The Labute approximate surface area is 149 Å². The molecule has 0 unspecified atom stereocenters. The van der Waals surface area contributed by atoms with E-state index in [1.165, 1.54) is 56.9 Å². The Balaban J connectivity index is 1.75. The van der Waals surface area contributed by atoms with Gasteiger partial charge in [-0.05, 0) is 49.0 Å². The lowest BCUT2D eigenvalue weighted by molar-refractivity contribution is 0.446. The fourth-order valence-electron chi connectivity index (χ4n) is 3.36. The molecule has 1 aliphatic rings. The molecule has 0 radical (unpaired) electrons. The van der Waals surface area contributed by atoms with Crippen LogP contribution in [0.1, 0.15) is 83.1 Å². The van der Waals surface area contributed by atoms with Crippen LogP contribution in [0.15, 0.2) is 29.9 Å². The number of rotatable bonds is 10. The number of hydrogen-bond donors (Lipinski definition) is 0. The molecule has 0 saturated carbocycles. The Kier molecular flexibility index (Phi) is 8.30. The summed E-state index contributed by atoms with van der Waals surface area (Å²) in [4.78, 5) is 0. The van der Waals surface area contributed by atoms with E-state index in [4.69, 9.17) is 0 Å². The van der Waals surface area contributed by atoms with Gasteiger partial charge in [-0.25, -0.2) is 13.2 Å². The number of halogens is 3. The maximum Gasteiger partial charge on any atom is 0.194 e. The normalized spacial score (nSPS) is 14.4. The second-order valence-electron chi connectivity index (χ2n) is 7.00. The Bertz CT molecular complexity index is 591. The summed E-state index contributed by atoms with van der Waals surface area (Å²) in [6.07, 6.45) is 17.3. The Hall–Kier alpha value is -1.51. The van der Waals surface area contributed by atoms with Crippen LogP contribution in [0.4, 0.5) is 13.2 Å². The van der Waals surface area contributed by atoms with E-state index in [0.717, 1.165) is 37.0 Å². The van der Waals surface area contributed by atoms with E-state index in [1.54, 1.807) is 0 Å². The average Bonchev–Trinajstić information content (AvgIpc) is 2.62. The molecule has 0 amide bonds. The minimum Gasteiger partial charge on any atom is -0.204 e. The number of unbranched alkanes of at least 4 members (excludes halogenated alkanes) is 7. The summed E-state index contributed by atoms with van der Waals surface area (Å²) in [6, 6.07) is 2.17. The molecule has 2 rings (SSSR count). The first-order valence-electron chi connectivity index (χ1n) is 9.65. The summed E-state index contributed by atoms with van der Waals surface area (Å²) in [5, 5.41) is 0. The number of benzene rings is 1. The molecule has 0 aliphatic heterocycles. The van der Waals surface area contributed by atoms with Crippen molar-refractivity contribution in [2.75, 3.05) is 0 Å². The molecule has 0 nitrogen and oxygen atoms in total. The molecule has 0 fully saturated rings. The molecular formula is C22H29F3. The van der Waals surface area contributed by atoms with E-state index in [9.17, 15) is 13.2 Å². The Morgan fingerprint density at radius 2 is 1.36 bits per heavy atom. The van der Waals surface area contributed by atoms with Crippen LogP contribution in [-0.4, -0.2) is 0 Å². The van der Waals surface area contributed by atoms with Gasteiger partial charge in [-0.2, -0.15) is 0 Å². The Morgan fingerprint density at radius 1 is 0.760 bits per heavy atom. The van der Waals surface area contributed by atoms with Crippen molar-refractivity contribution in [2.45, 2.75) is 77.6 Å². The molecule has 0 spiro atoms. The summed E-state index contributed by atoms with van der Waals surface area (Å²) >= 11 is 0. The van der Waals surface area contributed by atoms with Gasteiger partial charge in [0.25, 0.3) is 0 Å². The zero-order valence-corrected chi connectivity index (χ0v) is 15.2. The lowest BCUT2D eigenvalue weighted by Gasteiger charge is -2.15. The van der Waals surface area contributed by atoms with Crippen LogP contribution >= 0.6 is 0 Å². The maximum absolute atomic E-state index is 13.4. The molecule has 138 valence electrons. The van der Waals surface area contributed by atoms with Gasteiger partial charge in [0.1, 0.15) is 0 Å². The SMILES string of the molecule is CCCCCCCCCCC1=CC=C(c2cc(F)c(F)c(F)c2)CC1. The summed E-state index contributed by atoms with van der Waals surface area (Å²) in [5.74, 6) is -3.64. The van der Waals surface area contributed by atoms with Crippen molar-refractivity contribution < 1.29 is 13.2 Å². The monoisotopic (exact) mass is 350 g/mol. The fourth-order valence-corrected chi connectivity index (χ4v) is 3.36. The van der Waals surface area contributed by atoms with Crippen LogP contribution in [-0.2, 0) is 0 Å². The molecule has 0 heterocycles. The van der Waals surface area contributed by atoms with Crippen molar-refractivity contribution in [3.63, 3.8) is 0 Å². The molecule has 1 aromatic carbocycles. The molecule has 0 aromatic heterocycles. The lowest BCUT2D eigenvalue weighted by Crippen LogP contribution is -1.98. The van der Waals surface area contributed by atoms with Crippen molar-refractivity contribution in [3.05, 3.63) is 52.9 Å². The molecular weight excluding hydrogens is 321 g/mol. The highest BCUT2D eigenvalue weighted by Crippen LogP contribution is 2.30. The molecule has 1 aromatic rings. The molecule has 0 atom stereocenters. The quantitative estimate of drug-likeness (QED) is 0.299. The largest absolute Gasteiger partial charge is 0.204 e. The highest BCUT2D eigenvalue weighted by molar-refractivity contribution is 5.68. The van der Waals surface area contributed by atoms with E-state index in [2.05, 4.69) is 13.0 Å². The van der Waals surface area contributed by atoms with Gasteiger partial charge in [0, 0.05) is 0 Å². The van der Waals surface area contributed by atoms with Crippen molar-refractivity contribution in [1.82, 2.24) is 0 Å². The van der Waals surface area contributed by atoms with Crippen LogP contribution in [0.3, 0.4) is 0 Å². The molecule has 0 bridgehead atoms. The van der Waals surface area contributed by atoms with Crippen molar-refractivity contribution in [3.8, 4) is 0 Å². The third-order valence-electron chi connectivity index (χ3n) is 4.94. The van der Waals surface area contributed by atoms with Gasteiger partial charge in [0.2, 0.25) is 0 Å². The van der Waals surface area contributed by atoms with Crippen molar-refractivity contribution >= 4 is 5.57 Å². The summed E-state index contributed by atoms with van der Waals surface area (Å²) in [7, 11) is 0. The van der Waals surface area contributed by atoms with Crippen LogP contribution in [0.2, 0.25) is 0 Å². The third-order valence-corrected chi connectivity index (χ3v) is 4.94. The maximum atomic E-state index is 13.4. The first kappa shape index (κ1) is 19.8. The van der Waals surface area contributed by atoms with Gasteiger partial charge < -0.3 is 0 Å². The minimum atomic E-state index is -1.40. The number of hydrogen-bond acceptors (Lipinski definition) is 0. The third kappa shape index (κ3) is 6.37. The average molecular weight is 350 g/mol. The zero-order valence-electron chi connectivity index (χ0n) is 15.2. The van der Waals surface area contributed by atoms with Crippen LogP contribution in [0.25, 0.3) is 5.57 Å². The van der Waals surface area contributed by atoms with Crippen LogP contribution < -0.4 is 0 Å². The van der Waals surface area contributed by atoms with Gasteiger partial charge in [0.15, 0.2) is 17.5 Å². The summed E-state index contributed by atoms with van der Waals surface area (Å²) in [6.45, 7) is 2.24. The lowest BCUT2D eigenvalue weighted by atomic mass is 9.90. The van der Waals surface area contributed by atoms with Crippen LogP contribution in [0.5, 0.6) is 0 Å². The van der Waals surface area contributed by atoms with Crippen molar-refractivity contribution in [2.24, 2.45) is 0 Å². The predicted octanol–water partition coefficient (Wildman–Crippen LogP) is 7.74. The highest BCUT2D eigenvalue weighted by Gasteiger charge is 2.14. The second kappa shape index (κ2) is 10.5. The molecule has 0 saturated heterocycles. The zero-order chi connectivity index (χ0) is 18.1. The molecule has 1 aliphatic carbocycles. The van der Waals surface area contributed by atoms with E-state index in [-0.39, 0.29) is 0 Å². The minimum absolute atomic E-state index is 0.443. The number of allylic oxidation sites excluding steroid dienone is 4. The van der Waals surface area contributed by atoms with E-state index < -0.39 is 17.5 Å². The first-order valence-corrected chi connectivity index (χ1v) is 9.65. The molecule has 25 heavy (non-hydrogen) atoms. The molecule has 0 N–H and O–H groups in total. The van der Waals surface area contributed by atoms with Crippen molar-refractivity contribution in [1.29, 1.82) is 0 Å². The standard InChI is InChI=1S/C22H29F3/c1-2-3-4-5-6-7-8-9-10-17-11-13-18(14-12-17)19-15-20(23)22(25)21(24)16-19/h11,13,15-16H,2-10,12,14H2,1H3. The smallest absolute Gasteiger partial charge is 0.194 e. The van der Waals surface area contributed by atoms with E-state index in [0.29, 0.717) is 5.56 Å². The first-order chi connectivity index (χ1) is 12.1. The summed E-state index contributed by atoms with van der Waals surface area (Å²) in [5.41, 5.74) is 2.72. The van der Waals surface area contributed by atoms with Gasteiger partial charge in [-0.15, -0.1) is 0 Å². The fraction of sp³-hybridized carbons (Fsp3) is 0.545. The van der Waals surface area contributed by atoms with Gasteiger partial charge in [-0.1, -0.05) is 69.6 Å². The van der Waals surface area contributed by atoms with Gasteiger partial charge in [0.05, 0.1) is 0 Å². The highest BCUT2D eigenvalue weighted by atomic mass is 19.2. The second-order valence-corrected chi connectivity index (χ2v) is 7.00. The van der Waals surface area contributed by atoms with E-state index in [1.807, 2.05) is 6.08 Å². The van der Waals surface area contributed by atoms with Gasteiger partial charge >= 0.3 is 0 Å². The van der Waals surface area contributed by atoms with Crippen LogP contribution in [0, 0.1) is 17.5 Å².